The molecule has 3 aromatic rings. The second-order valence-corrected chi connectivity index (χ2v) is 3.86. The molecule has 0 bridgehead atoms. The van der Waals surface area contributed by atoms with Gasteiger partial charge in [0, 0.05) is 0 Å². The third-order valence-electron chi connectivity index (χ3n) is 2.72. The van der Waals surface area contributed by atoms with E-state index in [1.165, 1.54) is 24.3 Å². The Hall–Kier alpha value is -2.83. The van der Waals surface area contributed by atoms with E-state index in [9.17, 15) is 14.5 Å². The SMILES string of the molecule is O=[N+]([O-])c1c(-c2cccc(F)c2)ccc2nonc12. The molecule has 0 aliphatic carbocycles. The highest BCUT2D eigenvalue weighted by atomic mass is 19.1. The Kier molecular flexibility index (Phi) is 2.45. The Morgan fingerprint density at radius 3 is 2.79 bits per heavy atom. The van der Waals surface area contributed by atoms with Crippen molar-refractivity contribution < 1.29 is 13.9 Å². The maximum atomic E-state index is 13.2. The molecule has 0 unspecified atom stereocenters. The molecular weight excluding hydrogens is 253 g/mol. The lowest BCUT2D eigenvalue weighted by Crippen LogP contribution is -1.94. The van der Waals surface area contributed by atoms with E-state index in [1.54, 1.807) is 12.1 Å². The van der Waals surface area contributed by atoms with E-state index in [0.29, 0.717) is 5.56 Å². The fourth-order valence-corrected chi connectivity index (χ4v) is 1.91. The summed E-state index contributed by atoms with van der Waals surface area (Å²) in [6.45, 7) is 0. The largest absolute Gasteiger partial charge is 0.308 e. The molecule has 7 heteroatoms. The minimum absolute atomic E-state index is 0.0479. The summed E-state index contributed by atoms with van der Waals surface area (Å²) in [7, 11) is 0. The molecular formula is C12H6FN3O3. The van der Waals surface area contributed by atoms with Gasteiger partial charge in [-0.15, -0.1) is 0 Å². The van der Waals surface area contributed by atoms with Crippen molar-refractivity contribution in [3.63, 3.8) is 0 Å². The van der Waals surface area contributed by atoms with Crippen molar-refractivity contribution in [3.8, 4) is 11.1 Å². The lowest BCUT2D eigenvalue weighted by atomic mass is 10.0. The Balaban J connectivity index is 2.34. The zero-order valence-corrected chi connectivity index (χ0v) is 9.41. The van der Waals surface area contributed by atoms with Crippen molar-refractivity contribution in [1.82, 2.24) is 10.3 Å². The quantitative estimate of drug-likeness (QED) is 0.522. The van der Waals surface area contributed by atoms with Crippen LogP contribution in [0.15, 0.2) is 41.0 Å². The highest BCUT2D eigenvalue weighted by Gasteiger charge is 2.23. The van der Waals surface area contributed by atoms with Crippen LogP contribution in [0.1, 0.15) is 0 Å². The number of nitro benzene ring substituents is 1. The molecule has 0 saturated carbocycles. The number of benzene rings is 2. The van der Waals surface area contributed by atoms with Crippen LogP contribution in [0.4, 0.5) is 10.1 Å². The molecule has 2 aromatic carbocycles. The fraction of sp³-hybridized carbons (Fsp3) is 0. The molecule has 0 aliphatic rings. The van der Waals surface area contributed by atoms with Gasteiger partial charge < -0.3 is 0 Å². The second kappa shape index (κ2) is 4.13. The highest BCUT2D eigenvalue weighted by Crippen LogP contribution is 2.35. The monoisotopic (exact) mass is 259 g/mol. The van der Waals surface area contributed by atoms with Crippen molar-refractivity contribution in [3.05, 3.63) is 52.3 Å². The van der Waals surface area contributed by atoms with E-state index >= 15 is 0 Å². The number of hydrogen-bond acceptors (Lipinski definition) is 5. The normalized spacial score (nSPS) is 10.8. The van der Waals surface area contributed by atoms with Gasteiger partial charge in [-0.2, -0.15) is 0 Å². The topological polar surface area (TPSA) is 82.1 Å². The summed E-state index contributed by atoms with van der Waals surface area (Å²) in [5.74, 6) is -0.467. The van der Waals surface area contributed by atoms with Crippen LogP contribution in [0.25, 0.3) is 22.2 Å². The molecule has 0 fully saturated rings. The first-order valence-corrected chi connectivity index (χ1v) is 5.32. The number of nitrogens with zero attached hydrogens (tertiary/aromatic N) is 3. The molecule has 0 atom stereocenters. The number of hydrogen-bond donors (Lipinski definition) is 0. The average molecular weight is 259 g/mol. The lowest BCUT2D eigenvalue weighted by Gasteiger charge is -2.03. The van der Waals surface area contributed by atoms with Gasteiger partial charge in [0.05, 0.1) is 10.5 Å². The summed E-state index contributed by atoms with van der Waals surface area (Å²) in [5, 5.41) is 18.3. The molecule has 0 saturated heterocycles. The third kappa shape index (κ3) is 1.81. The minimum Gasteiger partial charge on any atom is -0.258 e. The van der Waals surface area contributed by atoms with E-state index < -0.39 is 10.7 Å². The fourth-order valence-electron chi connectivity index (χ4n) is 1.91. The molecule has 1 heterocycles. The predicted molar refractivity (Wildman–Crippen MR) is 63.9 cm³/mol. The third-order valence-corrected chi connectivity index (χ3v) is 2.72. The average Bonchev–Trinajstić information content (AvgIpc) is 2.85. The van der Waals surface area contributed by atoms with Crippen molar-refractivity contribution in [2.75, 3.05) is 0 Å². The van der Waals surface area contributed by atoms with Crippen LogP contribution in [0.5, 0.6) is 0 Å². The van der Waals surface area contributed by atoms with Crippen molar-refractivity contribution >= 4 is 16.7 Å². The van der Waals surface area contributed by atoms with E-state index in [1.807, 2.05) is 0 Å². The molecule has 6 nitrogen and oxygen atoms in total. The first-order chi connectivity index (χ1) is 9.16. The summed E-state index contributed by atoms with van der Waals surface area (Å²) < 4.78 is 17.7. The molecule has 94 valence electrons. The number of nitro groups is 1. The summed E-state index contributed by atoms with van der Waals surface area (Å²) in [4.78, 5) is 10.6. The molecule has 0 spiro atoms. The van der Waals surface area contributed by atoms with Gasteiger partial charge in [0.15, 0.2) is 0 Å². The Morgan fingerprint density at radius 2 is 2.05 bits per heavy atom. The maximum absolute atomic E-state index is 13.2. The Morgan fingerprint density at radius 1 is 1.21 bits per heavy atom. The van der Waals surface area contributed by atoms with Crippen molar-refractivity contribution in [2.45, 2.75) is 0 Å². The van der Waals surface area contributed by atoms with Crippen LogP contribution in [0, 0.1) is 15.9 Å². The van der Waals surface area contributed by atoms with E-state index in [-0.39, 0.29) is 22.3 Å². The first-order valence-electron chi connectivity index (χ1n) is 5.32. The second-order valence-electron chi connectivity index (χ2n) is 3.86. The van der Waals surface area contributed by atoms with Crippen LogP contribution in [-0.4, -0.2) is 15.2 Å². The van der Waals surface area contributed by atoms with Gasteiger partial charge >= 0.3 is 5.69 Å². The van der Waals surface area contributed by atoms with Gasteiger partial charge in [-0.3, -0.25) is 10.1 Å². The van der Waals surface area contributed by atoms with Gasteiger partial charge in [0.25, 0.3) is 0 Å². The van der Waals surface area contributed by atoms with Crippen molar-refractivity contribution in [2.24, 2.45) is 0 Å². The standard InChI is InChI=1S/C12H6FN3O3/c13-8-3-1-2-7(6-8)9-4-5-10-11(15-19-14-10)12(9)16(17)18/h1-6H. The molecule has 0 amide bonds. The summed E-state index contributed by atoms with van der Waals surface area (Å²) in [5.41, 5.74) is 0.757. The van der Waals surface area contributed by atoms with Crippen LogP contribution in [0.2, 0.25) is 0 Å². The smallest absolute Gasteiger partial charge is 0.258 e. The van der Waals surface area contributed by atoms with E-state index in [2.05, 4.69) is 14.9 Å². The molecule has 3 rings (SSSR count). The predicted octanol–water partition coefficient (Wildman–Crippen LogP) is 2.94. The first kappa shape index (κ1) is 11.3. The molecule has 0 radical (unpaired) electrons. The van der Waals surface area contributed by atoms with Crippen LogP contribution >= 0.6 is 0 Å². The van der Waals surface area contributed by atoms with Crippen LogP contribution < -0.4 is 0 Å². The van der Waals surface area contributed by atoms with E-state index in [4.69, 9.17) is 0 Å². The number of aromatic nitrogens is 2. The summed E-state index contributed by atoms with van der Waals surface area (Å²) >= 11 is 0. The summed E-state index contributed by atoms with van der Waals surface area (Å²) in [6.07, 6.45) is 0. The molecule has 0 aliphatic heterocycles. The Bertz CT molecular complexity index is 785. The number of fused-ring (bicyclic) bond motifs is 1. The van der Waals surface area contributed by atoms with Gasteiger partial charge in [0.2, 0.25) is 5.52 Å². The lowest BCUT2D eigenvalue weighted by molar-refractivity contribution is -0.382. The van der Waals surface area contributed by atoms with Gasteiger partial charge in [-0.1, -0.05) is 12.1 Å². The Labute approximate surface area is 105 Å². The highest BCUT2D eigenvalue weighted by molar-refractivity contribution is 5.93. The zero-order valence-electron chi connectivity index (χ0n) is 9.41. The molecule has 19 heavy (non-hydrogen) atoms. The molecule has 0 N–H and O–H groups in total. The van der Waals surface area contributed by atoms with Gasteiger partial charge in [0.1, 0.15) is 11.3 Å². The van der Waals surface area contributed by atoms with Crippen LogP contribution in [-0.2, 0) is 0 Å². The zero-order chi connectivity index (χ0) is 13.4. The van der Waals surface area contributed by atoms with Crippen molar-refractivity contribution in [1.29, 1.82) is 0 Å². The van der Waals surface area contributed by atoms with E-state index in [0.717, 1.165) is 0 Å². The maximum Gasteiger partial charge on any atom is 0.308 e. The molecule has 1 aromatic heterocycles. The van der Waals surface area contributed by atoms with Crippen LogP contribution in [0.3, 0.4) is 0 Å². The number of rotatable bonds is 2. The summed E-state index contributed by atoms with van der Waals surface area (Å²) in [6, 6.07) is 8.61. The van der Waals surface area contributed by atoms with Gasteiger partial charge in [-0.05, 0) is 40.1 Å². The number of halogens is 1. The van der Waals surface area contributed by atoms with Gasteiger partial charge in [-0.25, -0.2) is 9.02 Å². The minimum atomic E-state index is -0.577.